The van der Waals surface area contributed by atoms with Gasteiger partial charge in [0.25, 0.3) is 0 Å². The zero-order chi connectivity index (χ0) is 22.3. The molecule has 1 saturated heterocycles. The van der Waals surface area contributed by atoms with Crippen molar-refractivity contribution in [3.05, 3.63) is 64.9 Å². The molecule has 0 spiro atoms. The number of hydrogen-bond donors (Lipinski definition) is 1. The minimum absolute atomic E-state index is 0.784. The third-order valence-corrected chi connectivity index (χ3v) is 6.13. The molecule has 0 amide bonds. The summed E-state index contributed by atoms with van der Waals surface area (Å²) in [5, 5.41) is 5.43. The fourth-order valence-corrected chi connectivity index (χ4v) is 4.21. The lowest BCUT2D eigenvalue weighted by atomic mass is 10.2. The molecule has 2 aromatic carbocycles. The molecule has 2 heterocycles. The fourth-order valence-electron chi connectivity index (χ4n) is 4.09. The minimum atomic E-state index is 0.784. The van der Waals surface area contributed by atoms with Gasteiger partial charge in [-0.1, -0.05) is 35.9 Å². The molecule has 32 heavy (non-hydrogen) atoms. The molecule has 1 aliphatic rings. The molecular formula is C25H33ClN6. The Kier molecular flexibility index (Phi) is 7.92. The lowest BCUT2D eigenvalue weighted by molar-refractivity contribution is 0.120. The van der Waals surface area contributed by atoms with Crippen LogP contribution in [-0.2, 0) is 13.1 Å². The summed E-state index contributed by atoms with van der Waals surface area (Å²) in [5.74, 6) is 1.84. The molecule has 0 radical (unpaired) electrons. The van der Waals surface area contributed by atoms with E-state index < -0.39 is 0 Å². The first-order valence-electron chi connectivity index (χ1n) is 11.4. The number of piperazine rings is 1. The van der Waals surface area contributed by atoms with Crippen LogP contribution in [-0.4, -0.2) is 78.0 Å². The van der Waals surface area contributed by atoms with Crippen molar-refractivity contribution in [2.75, 3.05) is 58.7 Å². The monoisotopic (exact) mass is 452 g/mol. The quantitative estimate of drug-likeness (QED) is 0.496. The van der Waals surface area contributed by atoms with E-state index in [0.717, 1.165) is 86.3 Å². The van der Waals surface area contributed by atoms with Gasteiger partial charge in [0.2, 0.25) is 0 Å². The number of nitrogens with one attached hydrogen (secondary N) is 1. The Balaban J connectivity index is 1.36. The van der Waals surface area contributed by atoms with Gasteiger partial charge in [-0.2, -0.15) is 0 Å². The Bertz CT molecular complexity index is 999. The maximum absolute atomic E-state index is 6.01. The number of halogens is 1. The molecule has 1 aliphatic heterocycles. The molecule has 0 saturated carbocycles. The maximum Gasteiger partial charge on any atom is 0.145 e. The van der Waals surface area contributed by atoms with Crippen molar-refractivity contribution in [1.82, 2.24) is 24.7 Å². The van der Waals surface area contributed by atoms with Gasteiger partial charge in [-0.15, -0.1) is 0 Å². The SMILES string of the molecule is CN(C)CCCNc1nc(CN2CCN(Cc3ccc(Cl)cc3)CC2)nc2ccccc12. The van der Waals surface area contributed by atoms with Crippen LogP contribution in [0.25, 0.3) is 10.9 Å². The highest BCUT2D eigenvalue weighted by Crippen LogP contribution is 2.21. The van der Waals surface area contributed by atoms with Crippen LogP contribution in [0, 0.1) is 0 Å². The molecule has 7 heteroatoms. The number of anilines is 1. The molecule has 0 atom stereocenters. The van der Waals surface area contributed by atoms with Gasteiger partial charge in [0.15, 0.2) is 0 Å². The first-order chi connectivity index (χ1) is 15.6. The highest BCUT2D eigenvalue weighted by Gasteiger charge is 2.19. The number of rotatable bonds is 9. The lowest BCUT2D eigenvalue weighted by Crippen LogP contribution is -2.45. The number of hydrogen-bond acceptors (Lipinski definition) is 6. The van der Waals surface area contributed by atoms with Crippen molar-refractivity contribution in [3.63, 3.8) is 0 Å². The van der Waals surface area contributed by atoms with Crippen molar-refractivity contribution in [1.29, 1.82) is 0 Å². The summed E-state index contributed by atoms with van der Waals surface area (Å²) in [6.45, 7) is 7.86. The van der Waals surface area contributed by atoms with Gasteiger partial charge in [-0.3, -0.25) is 9.80 Å². The Morgan fingerprint density at radius 3 is 2.31 bits per heavy atom. The first kappa shape index (κ1) is 22.9. The molecule has 1 N–H and O–H groups in total. The van der Waals surface area contributed by atoms with Crippen molar-refractivity contribution >= 4 is 28.3 Å². The fraction of sp³-hybridized carbons (Fsp3) is 0.440. The van der Waals surface area contributed by atoms with Crippen LogP contribution in [0.4, 0.5) is 5.82 Å². The molecule has 6 nitrogen and oxygen atoms in total. The van der Waals surface area contributed by atoms with Crippen LogP contribution in [0.1, 0.15) is 17.8 Å². The summed E-state index contributed by atoms with van der Waals surface area (Å²) in [6.07, 6.45) is 1.08. The second kappa shape index (κ2) is 11.1. The van der Waals surface area contributed by atoms with E-state index in [0.29, 0.717) is 0 Å². The summed E-state index contributed by atoms with van der Waals surface area (Å²) < 4.78 is 0. The van der Waals surface area contributed by atoms with E-state index in [1.807, 2.05) is 18.2 Å². The summed E-state index contributed by atoms with van der Waals surface area (Å²) in [5.41, 5.74) is 2.32. The number of nitrogens with zero attached hydrogens (tertiary/aromatic N) is 5. The Labute approximate surface area is 196 Å². The number of benzene rings is 2. The molecule has 0 bridgehead atoms. The van der Waals surface area contributed by atoms with E-state index in [-0.39, 0.29) is 0 Å². The Morgan fingerprint density at radius 2 is 1.59 bits per heavy atom. The lowest BCUT2D eigenvalue weighted by Gasteiger charge is -2.34. The van der Waals surface area contributed by atoms with Gasteiger partial charge < -0.3 is 10.2 Å². The highest BCUT2D eigenvalue weighted by atomic mass is 35.5. The molecule has 0 aliphatic carbocycles. The summed E-state index contributed by atoms with van der Waals surface area (Å²) >= 11 is 6.01. The second-order valence-electron chi connectivity index (χ2n) is 8.77. The van der Waals surface area contributed by atoms with E-state index in [9.17, 15) is 0 Å². The average molecular weight is 453 g/mol. The van der Waals surface area contributed by atoms with Crippen LogP contribution in [0.15, 0.2) is 48.5 Å². The van der Waals surface area contributed by atoms with Crippen molar-refractivity contribution in [2.24, 2.45) is 0 Å². The van der Waals surface area contributed by atoms with E-state index in [1.54, 1.807) is 0 Å². The largest absolute Gasteiger partial charge is 0.369 e. The standard InChI is InChI=1S/C25H33ClN6/c1-30(2)13-5-12-27-25-22-6-3-4-7-23(22)28-24(29-25)19-32-16-14-31(15-17-32)18-20-8-10-21(26)11-9-20/h3-4,6-11H,5,12-19H2,1-2H3,(H,27,28,29). The van der Waals surface area contributed by atoms with E-state index in [2.05, 4.69) is 64.4 Å². The first-order valence-corrected chi connectivity index (χ1v) is 11.8. The molecule has 1 fully saturated rings. The van der Waals surface area contributed by atoms with Crippen LogP contribution < -0.4 is 5.32 Å². The van der Waals surface area contributed by atoms with E-state index in [1.165, 1.54) is 5.56 Å². The molecule has 1 aromatic heterocycles. The molecule has 0 unspecified atom stereocenters. The van der Waals surface area contributed by atoms with E-state index >= 15 is 0 Å². The second-order valence-corrected chi connectivity index (χ2v) is 9.20. The minimum Gasteiger partial charge on any atom is -0.369 e. The third kappa shape index (κ3) is 6.39. The summed E-state index contributed by atoms with van der Waals surface area (Å²) in [4.78, 5) is 16.9. The predicted octanol–water partition coefficient (Wildman–Crippen LogP) is 3.96. The molecule has 3 aromatic rings. The maximum atomic E-state index is 6.01. The van der Waals surface area contributed by atoms with Crippen LogP contribution >= 0.6 is 11.6 Å². The Hall–Kier alpha value is -2.25. The van der Waals surface area contributed by atoms with Crippen LogP contribution in [0.5, 0.6) is 0 Å². The zero-order valence-electron chi connectivity index (χ0n) is 19.1. The number of para-hydroxylation sites is 1. The van der Waals surface area contributed by atoms with E-state index in [4.69, 9.17) is 21.6 Å². The molecular weight excluding hydrogens is 420 g/mol. The smallest absolute Gasteiger partial charge is 0.145 e. The predicted molar refractivity (Wildman–Crippen MR) is 133 cm³/mol. The Morgan fingerprint density at radius 1 is 0.906 bits per heavy atom. The van der Waals surface area contributed by atoms with Crippen LogP contribution in [0.2, 0.25) is 5.02 Å². The topological polar surface area (TPSA) is 47.5 Å². The number of aromatic nitrogens is 2. The summed E-state index contributed by atoms with van der Waals surface area (Å²) in [6, 6.07) is 16.4. The van der Waals surface area contributed by atoms with Gasteiger partial charge >= 0.3 is 0 Å². The van der Waals surface area contributed by atoms with Gasteiger partial charge in [0.05, 0.1) is 12.1 Å². The molecule has 170 valence electrons. The normalized spacial score (nSPS) is 15.5. The van der Waals surface area contributed by atoms with Crippen molar-refractivity contribution in [2.45, 2.75) is 19.5 Å². The van der Waals surface area contributed by atoms with Gasteiger partial charge in [0.1, 0.15) is 11.6 Å². The van der Waals surface area contributed by atoms with Gasteiger partial charge in [-0.25, -0.2) is 9.97 Å². The molecule has 4 rings (SSSR count). The highest BCUT2D eigenvalue weighted by molar-refractivity contribution is 6.30. The average Bonchev–Trinajstić information content (AvgIpc) is 2.79. The zero-order valence-corrected chi connectivity index (χ0v) is 19.9. The van der Waals surface area contributed by atoms with Crippen LogP contribution in [0.3, 0.4) is 0 Å². The number of fused-ring (bicyclic) bond motifs is 1. The third-order valence-electron chi connectivity index (χ3n) is 5.87. The van der Waals surface area contributed by atoms with Crippen molar-refractivity contribution in [3.8, 4) is 0 Å². The summed E-state index contributed by atoms with van der Waals surface area (Å²) in [7, 11) is 4.21. The van der Waals surface area contributed by atoms with Gasteiger partial charge in [-0.05, 0) is 56.9 Å². The van der Waals surface area contributed by atoms with Crippen molar-refractivity contribution < 1.29 is 0 Å². The van der Waals surface area contributed by atoms with Gasteiger partial charge in [0, 0.05) is 49.7 Å².